The van der Waals surface area contributed by atoms with Gasteiger partial charge in [-0.25, -0.2) is 14.6 Å². The molecule has 0 bridgehead atoms. The summed E-state index contributed by atoms with van der Waals surface area (Å²) in [5, 5.41) is 18.1. The van der Waals surface area contributed by atoms with Gasteiger partial charge in [-0.05, 0) is 35.4 Å². The molecular formula is C22H24BrN3O7. The molecule has 0 aliphatic heterocycles. The van der Waals surface area contributed by atoms with Gasteiger partial charge in [0.05, 0.1) is 33.2 Å². The lowest BCUT2D eigenvalue weighted by Crippen LogP contribution is -2.09. The third kappa shape index (κ3) is 6.62. The monoisotopic (exact) mass is 521 g/mol. The van der Waals surface area contributed by atoms with Gasteiger partial charge in [0, 0.05) is 18.1 Å². The number of methoxy groups -OCH3 is 3. The number of carboxylic acid groups (broad SMARTS) is 2. The summed E-state index contributed by atoms with van der Waals surface area (Å²) in [4.78, 5) is 22.7. The number of hydrogen-bond donors (Lipinski definition) is 3. The second kappa shape index (κ2) is 11.8. The first-order valence-electron chi connectivity index (χ1n) is 9.48. The first-order valence-corrected chi connectivity index (χ1v) is 10.3. The van der Waals surface area contributed by atoms with Crippen LogP contribution in [0.25, 0.3) is 11.3 Å². The highest BCUT2D eigenvalue weighted by Crippen LogP contribution is 2.38. The molecule has 1 aromatic heterocycles. The van der Waals surface area contributed by atoms with Crippen LogP contribution >= 0.6 is 15.9 Å². The van der Waals surface area contributed by atoms with E-state index in [0.717, 1.165) is 27.2 Å². The number of nitrogens with one attached hydrogen (secondary N) is 1. The van der Waals surface area contributed by atoms with E-state index in [2.05, 4.69) is 38.4 Å². The van der Waals surface area contributed by atoms with E-state index in [0.29, 0.717) is 23.8 Å². The number of hydrogen-bond acceptors (Lipinski definition) is 7. The lowest BCUT2D eigenvalue weighted by atomic mass is 10.1. The maximum absolute atomic E-state index is 9.10. The Morgan fingerprint density at radius 3 is 2.00 bits per heavy atom. The topological polar surface area (TPSA) is 132 Å². The molecule has 0 unspecified atom stereocenters. The molecule has 11 heteroatoms. The molecule has 3 aromatic rings. The van der Waals surface area contributed by atoms with E-state index in [9.17, 15) is 0 Å². The van der Waals surface area contributed by atoms with E-state index < -0.39 is 11.9 Å². The Bertz CT molecular complexity index is 1080. The number of carbonyl (C=O) groups is 2. The number of benzene rings is 2. The van der Waals surface area contributed by atoms with Gasteiger partial charge in [-0.15, -0.1) is 0 Å². The summed E-state index contributed by atoms with van der Waals surface area (Å²) in [6.07, 6.45) is 1.86. The SMILES string of the molecule is COc1cc(CNc2ncc(-c3ccc(Br)cc3)n2C)cc(OC)c1OC.O=C(O)C(=O)O. The van der Waals surface area contributed by atoms with Crippen LogP contribution < -0.4 is 19.5 Å². The number of nitrogens with zero attached hydrogens (tertiary/aromatic N) is 2. The molecule has 0 saturated heterocycles. The summed E-state index contributed by atoms with van der Waals surface area (Å²) in [5.41, 5.74) is 3.14. The summed E-state index contributed by atoms with van der Waals surface area (Å²) in [6.45, 7) is 0.571. The van der Waals surface area contributed by atoms with Crippen molar-refractivity contribution in [3.8, 4) is 28.5 Å². The van der Waals surface area contributed by atoms with E-state index in [-0.39, 0.29) is 0 Å². The van der Waals surface area contributed by atoms with Gasteiger partial charge in [0.25, 0.3) is 0 Å². The molecule has 0 aliphatic rings. The first kappa shape index (κ1) is 25.5. The van der Waals surface area contributed by atoms with Crippen LogP contribution in [0.15, 0.2) is 47.1 Å². The lowest BCUT2D eigenvalue weighted by molar-refractivity contribution is -0.159. The van der Waals surface area contributed by atoms with Crippen molar-refractivity contribution >= 4 is 33.8 Å². The van der Waals surface area contributed by atoms with Gasteiger partial charge in [-0.2, -0.15) is 0 Å². The second-order valence-corrected chi connectivity index (χ2v) is 7.45. The maximum atomic E-state index is 9.10. The first-order chi connectivity index (χ1) is 15.7. The van der Waals surface area contributed by atoms with Gasteiger partial charge in [0.1, 0.15) is 0 Å². The molecule has 0 saturated carbocycles. The zero-order valence-corrected chi connectivity index (χ0v) is 20.0. The van der Waals surface area contributed by atoms with Crippen molar-refractivity contribution in [1.29, 1.82) is 0 Å². The summed E-state index contributed by atoms with van der Waals surface area (Å²) < 4.78 is 19.3. The summed E-state index contributed by atoms with van der Waals surface area (Å²) in [5.74, 6) is -1.03. The molecule has 1 heterocycles. The molecule has 33 heavy (non-hydrogen) atoms. The number of imidazole rings is 1. The summed E-state index contributed by atoms with van der Waals surface area (Å²) >= 11 is 3.46. The molecule has 10 nitrogen and oxygen atoms in total. The van der Waals surface area contributed by atoms with E-state index in [1.807, 2.05) is 42.1 Å². The number of anilines is 1. The predicted octanol–water partition coefficient (Wildman–Crippen LogP) is 3.64. The minimum Gasteiger partial charge on any atom is -0.493 e. The number of carboxylic acids is 2. The maximum Gasteiger partial charge on any atom is 0.414 e. The lowest BCUT2D eigenvalue weighted by Gasteiger charge is -2.15. The van der Waals surface area contributed by atoms with Crippen molar-refractivity contribution in [2.24, 2.45) is 7.05 Å². The molecule has 0 amide bonds. The number of rotatable bonds is 7. The highest BCUT2D eigenvalue weighted by Gasteiger charge is 2.14. The fourth-order valence-electron chi connectivity index (χ4n) is 2.88. The van der Waals surface area contributed by atoms with Gasteiger partial charge >= 0.3 is 11.9 Å². The van der Waals surface area contributed by atoms with Crippen LogP contribution in [0.2, 0.25) is 0 Å². The van der Waals surface area contributed by atoms with Crippen molar-refractivity contribution in [3.05, 3.63) is 52.6 Å². The Morgan fingerprint density at radius 2 is 1.55 bits per heavy atom. The van der Waals surface area contributed by atoms with E-state index in [1.165, 1.54) is 0 Å². The average molecular weight is 522 g/mol. The van der Waals surface area contributed by atoms with Crippen molar-refractivity contribution in [1.82, 2.24) is 9.55 Å². The molecular weight excluding hydrogens is 498 g/mol. The van der Waals surface area contributed by atoms with Crippen LogP contribution in [0.5, 0.6) is 17.2 Å². The fraction of sp³-hybridized carbons (Fsp3) is 0.227. The van der Waals surface area contributed by atoms with Crippen LogP contribution in [-0.4, -0.2) is 53.0 Å². The largest absolute Gasteiger partial charge is 0.493 e. The third-order valence-corrected chi connectivity index (χ3v) is 5.01. The smallest absolute Gasteiger partial charge is 0.414 e. The standard InChI is InChI=1S/C20H22BrN3O3.C2H2O4/c1-24-16(14-5-7-15(21)8-6-14)12-23-20(24)22-11-13-9-17(25-2)19(27-4)18(10-13)26-3;3-1(4)2(5)6/h5-10,12H,11H2,1-4H3,(H,22,23);(H,3,4)(H,5,6). The second-order valence-electron chi connectivity index (χ2n) is 6.53. The van der Waals surface area contributed by atoms with Crippen molar-refractivity contribution in [2.75, 3.05) is 26.6 Å². The van der Waals surface area contributed by atoms with Gasteiger partial charge in [-0.3, -0.25) is 0 Å². The molecule has 3 rings (SSSR count). The summed E-state index contributed by atoms with van der Waals surface area (Å²) in [7, 11) is 6.80. The van der Waals surface area contributed by atoms with E-state index >= 15 is 0 Å². The molecule has 0 atom stereocenters. The molecule has 3 N–H and O–H groups in total. The van der Waals surface area contributed by atoms with Crippen molar-refractivity contribution in [2.45, 2.75) is 6.54 Å². The Morgan fingerprint density at radius 1 is 1.00 bits per heavy atom. The Labute approximate surface area is 198 Å². The van der Waals surface area contributed by atoms with Crippen molar-refractivity contribution < 1.29 is 34.0 Å². The summed E-state index contributed by atoms with van der Waals surface area (Å²) in [6, 6.07) is 12.0. The minimum absolute atomic E-state index is 0.571. The average Bonchev–Trinajstić information content (AvgIpc) is 3.17. The van der Waals surface area contributed by atoms with E-state index in [1.54, 1.807) is 21.3 Å². The minimum atomic E-state index is -1.82. The highest BCUT2D eigenvalue weighted by atomic mass is 79.9. The molecule has 176 valence electrons. The van der Waals surface area contributed by atoms with Crippen LogP contribution in [0.3, 0.4) is 0 Å². The predicted molar refractivity (Wildman–Crippen MR) is 125 cm³/mol. The number of halogens is 1. The normalized spacial score (nSPS) is 9.97. The number of aliphatic carboxylic acids is 2. The van der Waals surface area contributed by atoms with Crippen molar-refractivity contribution in [3.63, 3.8) is 0 Å². The number of aromatic nitrogens is 2. The van der Waals surface area contributed by atoms with Crippen LogP contribution in [0, 0.1) is 0 Å². The molecule has 0 aliphatic carbocycles. The quantitative estimate of drug-likeness (QED) is 0.398. The van der Waals surface area contributed by atoms with Crippen LogP contribution in [-0.2, 0) is 23.2 Å². The number of ether oxygens (including phenoxy) is 3. The van der Waals surface area contributed by atoms with Gasteiger partial charge in [0.2, 0.25) is 11.7 Å². The van der Waals surface area contributed by atoms with Gasteiger partial charge in [-0.1, -0.05) is 28.1 Å². The molecule has 0 radical (unpaired) electrons. The van der Waals surface area contributed by atoms with E-state index in [4.69, 9.17) is 34.0 Å². The third-order valence-electron chi connectivity index (χ3n) is 4.49. The molecule has 2 aromatic carbocycles. The zero-order valence-electron chi connectivity index (χ0n) is 18.5. The molecule has 0 spiro atoms. The molecule has 0 fully saturated rings. The zero-order chi connectivity index (χ0) is 24.5. The van der Waals surface area contributed by atoms with Gasteiger partial charge in [0.15, 0.2) is 11.5 Å². The van der Waals surface area contributed by atoms with Crippen LogP contribution in [0.4, 0.5) is 5.95 Å². The highest BCUT2D eigenvalue weighted by molar-refractivity contribution is 9.10. The Kier molecular flexibility index (Phi) is 9.10. The fourth-order valence-corrected chi connectivity index (χ4v) is 3.15. The van der Waals surface area contributed by atoms with Crippen LogP contribution in [0.1, 0.15) is 5.56 Å². The van der Waals surface area contributed by atoms with Gasteiger partial charge < -0.3 is 34.3 Å². The Hall–Kier alpha value is -3.73. The Balaban J connectivity index is 0.000000569.